The molecule has 0 bridgehead atoms. The number of nitriles is 1. The SMILES string of the molecule is CC(C)(C)OC(=O)N(C/C=C/C1CCCCO1)c1cc(OCc2ccccc2)c2ccc(C#N)cc2c1Br. The summed E-state index contributed by atoms with van der Waals surface area (Å²) < 4.78 is 18.6. The number of ether oxygens (including phenoxy) is 3. The van der Waals surface area contributed by atoms with Gasteiger partial charge in [-0.3, -0.25) is 4.90 Å². The molecule has 38 heavy (non-hydrogen) atoms. The number of hydrogen-bond acceptors (Lipinski definition) is 5. The summed E-state index contributed by atoms with van der Waals surface area (Å²) in [5, 5.41) is 11.2. The van der Waals surface area contributed by atoms with Gasteiger partial charge < -0.3 is 14.2 Å². The summed E-state index contributed by atoms with van der Waals surface area (Å²) in [6.45, 7) is 6.94. The summed E-state index contributed by atoms with van der Waals surface area (Å²) in [7, 11) is 0. The molecule has 1 aliphatic rings. The van der Waals surface area contributed by atoms with E-state index in [0.29, 0.717) is 28.1 Å². The number of amides is 1. The average Bonchev–Trinajstić information content (AvgIpc) is 2.91. The predicted octanol–water partition coefficient (Wildman–Crippen LogP) is 7.92. The van der Waals surface area contributed by atoms with Crippen molar-refractivity contribution in [2.45, 2.75) is 58.3 Å². The molecule has 3 aromatic carbocycles. The molecule has 0 spiro atoms. The van der Waals surface area contributed by atoms with Crippen LogP contribution < -0.4 is 9.64 Å². The summed E-state index contributed by atoms with van der Waals surface area (Å²) in [6, 6.07) is 19.4. The number of anilines is 1. The Bertz CT molecular complexity index is 1340. The van der Waals surface area contributed by atoms with E-state index >= 15 is 0 Å². The smallest absolute Gasteiger partial charge is 0.415 e. The molecule has 1 saturated heterocycles. The van der Waals surface area contributed by atoms with Gasteiger partial charge in [0.05, 0.1) is 23.4 Å². The zero-order valence-electron chi connectivity index (χ0n) is 22.1. The molecule has 0 N–H and O–H groups in total. The van der Waals surface area contributed by atoms with E-state index in [9.17, 15) is 10.1 Å². The van der Waals surface area contributed by atoms with Gasteiger partial charge in [-0.1, -0.05) is 42.5 Å². The van der Waals surface area contributed by atoms with Crippen LogP contribution in [0.3, 0.4) is 0 Å². The fourth-order valence-corrected chi connectivity index (χ4v) is 4.94. The Balaban J connectivity index is 1.75. The van der Waals surface area contributed by atoms with Crippen molar-refractivity contribution >= 4 is 38.5 Å². The van der Waals surface area contributed by atoms with Gasteiger partial charge in [0, 0.05) is 34.5 Å². The van der Waals surface area contributed by atoms with Crippen LogP contribution in [0.5, 0.6) is 5.75 Å². The maximum atomic E-state index is 13.5. The number of halogens is 1. The highest BCUT2D eigenvalue weighted by Crippen LogP contribution is 2.41. The Kier molecular flexibility index (Phi) is 9.09. The lowest BCUT2D eigenvalue weighted by atomic mass is 10.0. The van der Waals surface area contributed by atoms with Crippen LogP contribution in [-0.2, 0) is 16.1 Å². The standard InChI is InChI=1S/C31H33BrN2O4/c1-31(2,3)38-30(35)34(16-9-13-24-12-7-8-17-36-24)27-19-28(37-21-22-10-5-4-6-11-22)25-15-14-23(20-33)18-26(25)29(27)32/h4-6,9-11,13-15,18-19,24H,7-8,12,16-17,21H2,1-3H3/b13-9+. The molecule has 1 heterocycles. The molecule has 4 rings (SSSR count). The second-order valence-electron chi connectivity index (χ2n) is 10.3. The largest absolute Gasteiger partial charge is 0.488 e. The molecule has 1 amide bonds. The summed E-state index contributed by atoms with van der Waals surface area (Å²) in [5.74, 6) is 0.611. The zero-order chi connectivity index (χ0) is 27.1. The molecular weight excluding hydrogens is 544 g/mol. The molecule has 0 saturated carbocycles. The second-order valence-corrected chi connectivity index (χ2v) is 11.1. The van der Waals surface area contributed by atoms with E-state index in [1.165, 1.54) is 0 Å². The highest BCUT2D eigenvalue weighted by molar-refractivity contribution is 9.10. The Morgan fingerprint density at radius 2 is 1.95 bits per heavy atom. The van der Waals surface area contributed by atoms with Gasteiger partial charge in [0.1, 0.15) is 18.0 Å². The van der Waals surface area contributed by atoms with Gasteiger partial charge >= 0.3 is 6.09 Å². The van der Waals surface area contributed by atoms with E-state index in [-0.39, 0.29) is 12.6 Å². The van der Waals surface area contributed by atoms with Gasteiger partial charge in [0.15, 0.2) is 0 Å². The van der Waals surface area contributed by atoms with Crippen LogP contribution in [0.4, 0.5) is 10.5 Å². The van der Waals surface area contributed by atoms with Crippen LogP contribution in [0.15, 0.2) is 71.2 Å². The van der Waals surface area contributed by atoms with Crippen molar-refractivity contribution in [2.75, 3.05) is 18.1 Å². The zero-order valence-corrected chi connectivity index (χ0v) is 23.7. The Labute approximate surface area is 232 Å². The maximum Gasteiger partial charge on any atom is 0.415 e. The van der Waals surface area contributed by atoms with E-state index in [4.69, 9.17) is 14.2 Å². The van der Waals surface area contributed by atoms with Crippen LogP contribution in [-0.4, -0.2) is 30.9 Å². The minimum Gasteiger partial charge on any atom is -0.488 e. The molecule has 6 nitrogen and oxygen atoms in total. The summed E-state index contributed by atoms with van der Waals surface area (Å²) in [4.78, 5) is 15.1. The number of nitrogens with zero attached hydrogens (tertiary/aromatic N) is 2. The Morgan fingerprint density at radius 1 is 1.16 bits per heavy atom. The quantitative estimate of drug-likeness (QED) is 0.267. The van der Waals surface area contributed by atoms with Crippen molar-refractivity contribution in [1.82, 2.24) is 0 Å². The van der Waals surface area contributed by atoms with Crippen LogP contribution in [0.2, 0.25) is 0 Å². The first kappa shape index (κ1) is 27.7. The van der Waals surface area contributed by atoms with E-state index in [1.807, 2.05) is 75.4 Å². The molecular formula is C31H33BrN2O4. The van der Waals surface area contributed by atoms with Gasteiger partial charge in [0.25, 0.3) is 0 Å². The average molecular weight is 578 g/mol. The van der Waals surface area contributed by atoms with E-state index in [2.05, 4.69) is 22.0 Å². The van der Waals surface area contributed by atoms with Crippen molar-refractivity contribution in [3.05, 3.63) is 82.3 Å². The number of hydrogen-bond donors (Lipinski definition) is 0. The van der Waals surface area contributed by atoms with E-state index < -0.39 is 11.7 Å². The fourth-order valence-electron chi connectivity index (χ4n) is 4.29. The molecule has 0 aromatic heterocycles. The normalized spacial score (nSPS) is 15.8. The first-order valence-electron chi connectivity index (χ1n) is 12.9. The molecule has 1 unspecified atom stereocenters. The van der Waals surface area contributed by atoms with Crippen LogP contribution >= 0.6 is 15.9 Å². The monoisotopic (exact) mass is 576 g/mol. The van der Waals surface area contributed by atoms with E-state index in [0.717, 1.165) is 42.2 Å². The Hall–Kier alpha value is -3.34. The third-order valence-corrected chi connectivity index (χ3v) is 6.97. The van der Waals surface area contributed by atoms with Gasteiger partial charge in [-0.05, 0) is 79.7 Å². The molecule has 1 fully saturated rings. The number of carbonyl (C=O) groups is 1. The highest BCUT2D eigenvalue weighted by Gasteiger charge is 2.26. The van der Waals surface area contributed by atoms with Crippen molar-refractivity contribution < 1.29 is 19.0 Å². The van der Waals surface area contributed by atoms with Gasteiger partial charge in [-0.15, -0.1) is 0 Å². The molecule has 1 aliphatic heterocycles. The van der Waals surface area contributed by atoms with Crippen LogP contribution in [0.1, 0.15) is 51.2 Å². The second kappa shape index (κ2) is 12.5. The number of rotatable bonds is 7. The van der Waals surface area contributed by atoms with E-state index in [1.54, 1.807) is 17.0 Å². The molecule has 1 atom stereocenters. The number of fused-ring (bicyclic) bond motifs is 1. The number of carbonyl (C=O) groups excluding carboxylic acids is 1. The lowest BCUT2D eigenvalue weighted by Gasteiger charge is -2.28. The maximum absolute atomic E-state index is 13.5. The molecule has 198 valence electrons. The fraction of sp³-hybridized carbons (Fsp3) is 0.355. The molecule has 0 radical (unpaired) electrons. The third-order valence-electron chi connectivity index (χ3n) is 6.14. The summed E-state index contributed by atoms with van der Waals surface area (Å²) in [5.41, 5.74) is 1.47. The first-order chi connectivity index (χ1) is 18.2. The minimum absolute atomic E-state index is 0.0484. The summed E-state index contributed by atoms with van der Waals surface area (Å²) >= 11 is 3.73. The van der Waals surface area contributed by atoms with Gasteiger partial charge in [-0.25, -0.2) is 4.79 Å². The highest BCUT2D eigenvalue weighted by atomic mass is 79.9. The summed E-state index contributed by atoms with van der Waals surface area (Å²) in [6.07, 6.45) is 6.72. The molecule has 3 aromatic rings. The van der Waals surface area contributed by atoms with Gasteiger partial charge in [-0.2, -0.15) is 5.26 Å². The van der Waals surface area contributed by atoms with Crippen molar-refractivity contribution in [1.29, 1.82) is 5.26 Å². The first-order valence-corrected chi connectivity index (χ1v) is 13.7. The lowest BCUT2D eigenvalue weighted by molar-refractivity contribution is 0.0463. The van der Waals surface area contributed by atoms with Crippen molar-refractivity contribution in [3.63, 3.8) is 0 Å². The minimum atomic E-state index is -0.671. The Morgan fingerprint density at radius 3 is 2.63 bits per heavy atom. The van der Waals surface area contributed by atoms with Gasteiger partial charge in [0.2, 0.25) is 0 Å². The molecule has 0 aliphatic carbocycles. The molecule has 7 heteroatoms. The predicted molar refractivity (Wildman–Crippen MR) is 153 cm³/mol. The topological polar surface area (TPSA) is 71.8 Å². The third kappa shape index (κ3) is 7.15. The van der Waals surface area contributed by atoms with Crippen LogP contribution in [0.25, 0.3) is 10.8 Å². The number of benzene rings is 3. The lowest BCUT2D eigenvalue weighted by Crippen LogP contribution is -2.37. The van der Waals surface area contributed by atoms with Crippen molar-refractivity contribution in [3.8, 4) is 11.8 Å². The van der Waals surface area contributed by atoms with Crippen LogP contribution in [0, 0.1) is 11.3 Å². The van der Waals surface area contributed by atoms with Crippen molar-refractivity contribution in [2.24, 2.45) is 0 Å².